The molecule has 3 rings (SSSR count). The van der Waals surface area contributed by atoms with E-state index < -0.39 is 21.8 Å². The molecule has 1 unspecified atom stereocenters. The molecule has 1 atom stereocenters. The summed E-state index contributed by atoms with van der Waals surface area (Å²) in [6, 6.07) is 8.12. The van der Waals surface area contributed by atoms with Gasteiger partial charge in [-0.15, -0.1) is 0 Å². The van der Waals surface area contributed by atoms with Gasteiger partial charge in [-0.05, 0) is 24.1 Å². The molecule has 1 fully saturated rings. The van der Waals surface area contributed by atoms with E-state index in [9.17, 15) is 18.0 Å². The number of carbonyl (C=O) groups is 2. The van der Waals surface area contributed by atoms with Gasteiger partial charge in [0.1, 0.15) is 12.3 Å². The predicted octanol–water partition coefficient (Wildman–Crippen LogP) is 0.767. The second-order valence-electron chi connectivity index (χ2n) is 6.23. The molecule has 0 bridgehead atoms. The molecule has 1 aromatic carbocycles. The summed E-state index contributed by atoms with van der Waals surface area (Å²) >= 11 is 0. The Morgan fingerprint density at radius 1 is 1.31 bits per heavy atom. The quantitative estimate of drug-likeness (QED) is 0.718. The van der Waals surface area contributed by atoms with Gasteiger partial charge in [0.25, 0.3) is 0 Å². The van der Waals surface area contributed by atoms with Crippen LogP contribution in [0.4, 0.5) is 0 Å². The number of rotatable bonds is 4. The standard InChI is InChI=1S/C17H17N3O5S/c18-9-12-1-3-13(4-2-12)10-25-17(22)15-5-6-16(21)20(19-15)14-7-8-26(23,24)11-14/h1-4,14H,5-8,10-11H2. The molecule has 2 aliphatic rings. The van der Waals surface area contributed by atoms with Crippen LogP contribution in [0.25, 0.3) is 0 Å². The van der Waals surface area contributed by atoms with Crippen LogP contribution >= 0.6 is 0 Å². The van der Waals surface area contributed by atoms with E-state index in [0.717, 1.165) is 10.6 Å². The summed E-state index contributed by atoms with van der Waals surface area (Å²) in [7, 11) is -3.16. The molecule has 2 aliphatic heterocycles. The number of benzene rings is 1. The molecule has 136 valence electrons. The van der Waals surface area contributed by atoms with Gasteiger partial charge in [-0.25, -0.2) is 18.2 Å². The van der Waals surface area contributed by atoms with E-state index in [4.69, 9.17) is 10.00 Å². The zero-order valence-electron chi connectivity index (χ0n) is 13.9. The normalized spacial score (nSPS) is 21.8. The molecule has 26 heavy (non-hydrogen) atoms. The van der Waals surface area contributed by atoms with E-state index in [-0.39, 0.29) is 42.6 Å². The number of nitriles is 1. The lowest BCUT2D eigenvalue weighted by Gasteiger charge is -2.27. The minimum atomic E-state index is -3.16. The molecule has 1 saturated heterocycles. The van der Waals surface area contributed by atoms with Crippen molar-refractivity contribution in [3.63, 3.8) is 0 Å². The smallest absolute Gasteiger partial charge is 0.354 e. The van der Waals surface area contributed by atoms with Crippen LogP contribution in [0, 0.1) is 11.3 Å². The molecular formula is C17H17N3O5S. The largest absolute Gasteiger partial charge is 0.456 e. The minimum Gasteiger partial charge on any atom is -0.456 e. The fourth-order valence-electron chi connectivity index (χ4n) is 2.88. The van der Waals surface area contributed by atoms with Crippen LogP contribution in [0.5, 0.6) is 0 Å². The lowest BCUT2D eigenvalue weighted by atomic mass is 10.1. The molecule has 1 amide bonds. The van der Waals surface area contributed by atoms with Gasteiger partial charge in [-0.3, -0.25) is 4.79 Å². The topological polar surface area (TPSA) is 117 Å². The second-order valence-corrected chi connectivity index (χ2v) is 8.46. The molecule has 2 heterocycles. The molecule has 0 aliphatic carbocycles. The van der Waals surface area contributed by atoms with Gasteiger partial charge in [-0.2, -0.15) is 10.4 Å². The highest BCUT2D eigenvalue weighted by Crippen LogP contribution is 2.22. The van der Waals surface area contributed by atoms with Crippen molar-refractivity contribution in [3.05, 3.63) is 35.4 Å². The number of esters is 1. The molecule has 0 radical (unpaired) electrons. The Balaban J connectivity index is 1.65. The van der Waals surface area contributed by atoms with Crippen molar-refractivity contribution in [1.82, 2.24) is 5.01 Å². The molecule has 0 saturated carbocycles. The number of sulfone groups is 1. The fourth-order valence-corrected chi connectivity index (χ4v) is 4.57. The van der Waals surface area contributed by atoms with Crippen LogP contribution in [0.15, 0.2) is 29.4 Å². The molecule has 0 N–H and O–H groups in total. The molecule has 9 heteroatoms. The first-order valence-corrected chi connectivity index (χ1v) is 9.96. The van der Waals surface area contributed by atoms with Crippen LogP contribution in [0.3, 0.4) is 0 Å². The van der Waals surface area contributed by atoms with Crippen molar-refractivity contribution in [2.75, 3.05) is 11.5 Å². The molecule has 0 aromatic heterocycles. The van der Waals surface area contributed by atoms with Gasteiger partial charge in [0.15, 0.2) is 9.84 Å². The highest BCUT2D eigenvalue weighted by Gasteiger charge is 2.37. The number of carbonyl (C=O) groups excluding carboxylic acids is 2. The second kappa shape index (κ2) is 7.25. The first kappa shape index (κ1) is 18.1. The summed E-state index contributed by atoms with van der Waals surface area (Å²) in [5, 5.41) is 14.0. The average molecular weight is 375 g/mol. The van der Waals surface area contributed by atoms with E-state index in [2.05, 4.69) is 5.10 Å². The Morgan fingerprint density at radius 2 is 2.04 bits per heavy atom. The van der Waals surface area contributed by atoms with Gasteiger partial charge in [0.05, 0.1) is 29.2 Å². The average Bonchev–Trinajstić information content (AvgIpc) is 3.00. The summed E-state index contributed by atoms with van der Waals surface area (Å²) in [6.45, 7) is 0.0231. The minimum absolute atomic E-state index is 0.0231. The van der Waals surface area contributed by atoms with E-state index in [1.807, 2.05) is 6.07 Å². The van der Waals surface area contributed by atoms with Crippen molar-refractivity contribution >= 4 is 27.4 Å². The maximum Gasteiger partial charge on any atom is 0.354 e. The van der Waals surface area contributed by atoms with Crippen LogP contribution < -0.4 is 0 Å². The zero-order valence-corrected chi connectivity index (χ0v) is 14.7. The summed E-state index contributed by atoms with van der Waals surface area (Å²) in [5.41, 5.74) is 1.35. The van der Waals surface area contributed by atoms with Gasteiger partial charge < -0.3 is 4.74 Å². The summed E-state index contributed by atoms with van der Waals surface area (Å²) < 4.78 is 28.4. The van der Waals surface area contributed by atoms with Crippen molar-refractivity contribution in [2.24, 2.45) is 5.10 Å². The zero-order chi connectivity index (χ0) is 18.7. The lowest BCUT2D eigenvalue weighted by Crippen LogP contribution is -2.42. The Bertz CT molecular complexity index is 899. The third-order valence-corrected chi connectivity index (χ3v) is 6.05. The highest BCUT2D eigenvalue weighted by molar-refractivity contribution is 7.91. The Kier molecular flexibility index (Phi) is 5.04. The number of hydrogen-bond acceptors (Lipinski definition) is 7. The van der Waals surface area contributed by atoms with Gasteiger partial charge in [-0.1, -0.05) is 12.1 Å². The summed E-state index contributed by atoms with van der Waals surface area (Å²) in [4.78, 5) is 24.3. The van der Waals surface area contributed by atoms with E-state index >= 15 is 0 Å². The summed E-state index contributed by atoms with van der Waals surface area (Å²) in [5.74, 6) is -1.02. The maximum atomic E-state index is 12.2. The highest BCUT2D eigenvalue weighted by atomic mass is 32.2. The third-order valence-electron chi connectivity index (χ3n) is 4.30. The van der Waals surface area contributed by atoms with Crippen molar-refractivity contribution in [1.29, 1.82) is 5.26 Å². The van der Waals surface area contributed by atoms with Crippen molar-refractivity contribution in [2.45, 2.75) is 31.9 Å². The van der Waals surface area contributed by atoms with Crippen molar-refractivity contribution < 1.29 is 22.7 Å². The molecular weight excluding hydrogens is 358 g/mol. The van der Waals surface area contributed by atoms with E-state index in [1.54, 1.807) is 24.3 Å². The van der Waals surface area contributed by atoms with Gasteiger partial charge in [0, 0.05) is 12.8 Å². The fraction of sp³-hybridized carbons (Fsp3) is 0.412. The van der Waals surface area contributed by atoms with E-state index in [0.29, 0.717) is 12.0 Å². The lowest BCUT2D eigenvalue weighted by molar-refractivity contribution is -0.138. The summed E-state index contributed by atoms with van der Waals surface area (Å²) in [6.07, 6.45) is 0.591. The van der Waals surface area contributed by atoms with Crippen LogP contribution in [0.2, 0.25) is 0 Å². The first-order chi connectivity index (χ1) is 12.4. The Labute approximate surface area is 151 Å². The SMILES string of the molecule is N#Cc1ccc(COC(=O)C2=NN(C3CCS(=O)(=O)C3)C(=O)CC2)cc1. The molecule has 0 spiro atoms. The monoisotopic (exact) mass is 375 g/mol. The predicted molar refractivity (Wildman–Crippen MR) is 91.5 cm³/mol. The number of hydrogen-bond donors (Lipinski definition) is 0. The maximum absolute atomic E-state index is 12.2. The van der Waals surface area contributed by atoms with Gasteiger partial charge in [0.2, 0.25) is 5.91 Å². The third kappa shape index (κ3) is 4.08. The van der Waals surface area contributed by atoms with Crippen molar-refractivity contribution in [3.8, 4) is 6.07 Å². The van der Waals surface area contributed by atoms with E-state index in [1.165, 1.54) is 0 Å². The Hall–Kier alpha value is -2.73. The number of amides is 1. The van der Waals surface area contributed by atoms with Crippen LogP contribution in [-0.4, -0.2) is 48.6 Å². The van der Waals surface area contributed by atoms with Crippen LogP contribution in [-0.2, 0) is 30.8 Å². The first-order valence-electron chi connectivity index (χ1n) is 8.14. The Morgan fingerprint density at radius 3 is 2.65 bits per heavy atom. The number of ether oxygens (including phenoxy) is 1. The molecule has 1 aromatic rings. The number of hydrazone groups is 1. The van der Waals surface area contributed by atoms with Gasteiger partial charge >= 0.3 is 5.97 Å². The van der Waals surface area contributed by atoms with Crippen LogP contribution in [0.1, 0.15) is 30.4 Å². The number of nitrogens with zero attached hydrogens (tertiary/aromatic N) is 3. The molecule has 8 nitrogen and oxygen atoms in total.